The van der Waals surface area contributed by atoms with Crippen LogP contribution in [0.2, 0.25) is 0 Å². The van der Waals surface area contributed by atoms with E-state index in [-0.39, 0.29) is 0 Å². The number of amidine groups is 1. The lowest BCUT2D eigenvalue weighted by molar-refractivity contribution is -0.427. The molecular formula is C27H38BN2. The van der Waals surface area contributed by atoms with Gasteiger partial charge in [0.15, 0.2) is 0 Å². The molecule has 0 bridgehead atoms. The maximum absolute atomic E-state index is 6.93. The molecule has 0 saturated carbocycles. The fourth-order valence-corrected chi connectivity index (χ4v) is 4.67. The van der Waals surface area contributed by atoms with Crippen molar-refractivity contribution in [2.24, 2.45) is 0 Å². The summed E-state index contributed by atoms with van der Waals surface area (Å²) < 4.78 is 2.37. The number of hydrogen-bond acceptors (Lipinski definition) is 1. The van der Waals surface area contributed by atoms with E-state index in [0.717, 1.165) is 18.8 Å². The van der Waals surface area contributed by atoms with E-state index in [1.165, 1.54) is 33.6 Å². The number of nitrogens with zero attached hydrogens (tertiary/aromatic N) is 2. The molecule has 0 unspecified atom stereocenters. The van der Waals surface area contributed by atoms with Crippen LogP contribution in [0.5, 0.6) is 0 Å². The highest BCUT2D eigenvalue weighted by Gasteiger charge is 2.30. The van der Waals surface area contributed by atoms with Crippen molar-refractivity contribution < 1.29 is 4.58 Å². The normalized spacial score (nSPS) is 14.9. The van der Waals surface area contributed by atoms with E-state index in [1.807, 2.05) is 0 Å². The molecule has 0 atom stereocenters. The highest BCUT2D eigenvalue weighted by atomic mass is 15.3. The Labute approximate surface area is 185 Å². The Balaban J connectivity index is 2.23. The molecule has 2 aromatic rings. The quantitative estimate of drug-likeness (QED) is 0.378. The van der Waals surface area contributed by atoms with Crippen molar-refractivity contribution in [3.8, 4) is 0 Å². The standard InChI is InChI=1S/C27H38BN2/c1-17(2)21-11-9-12-22(18(3)4)25(21)29-15-16-30(27(29)28)26-23(19(5)6)13-10-14-24(26)20(7)8/h9-14,17-20H,15-16H2,1-8H3. The smallest absolute Gasteiger partial charge is 0.130 e. The van der Waals surface area contributed by atoms with Crippen molar-refractivity contribution in [2.75, 3.05) is 18.0 Å². The molecule has 0 aliphatic carbocycles. The minimum atomic E-state index is 0.453. The van der Waals surface area contributed by atoms with Gasteiger partial charge in [0.2, 0.25) is 0 Å². The molecule has 3 heteroatoms. The van der Waals surface area contributed by atoms with Crippen LogP contribution in [-0.2, 0) is 0 Å². The second-order valence-electron chi connectivity index (χ2n) is 9.85. The summed E-state index contributed by atoms with van der Waals surface area (Å²) in [4.78, 5) is 2.37. The Morgan fingerprint density at radius 1 is 0.700 bits per heavy atom. The van der Waals surface area contributed by atoms with E-state index >= 15 is 0 Å². The van der Waals surface area contributed by atoms with E-state index in [9.17, 15) is 0 Å². The molecule has 1 aliphatic heterocycles. The van der Waals surface area contributed by atoms with Crippen LogP contribution < -0.4 is 4.90 Å². The molecule has 2 nitrogen and oxygen atoms in total. The summed E-state index contributed by atoms with van der Waals surface area (Å²) in [5, 5.41) is 0. The van der Waals surface area contributed by atoms with Crippen LogP contribution in [0.4, 0.5) is 11.4 Å². The van der Waals surface area contributed by atoms with Crippen molar-refractivity contribution >= 4 is 25.0 Å². The highest BCUT2D eigenvalue weighted by molar-refractivity contribution is 6.61. The first-order valence-electron chi connectivity index (χ1n) is 11.6. The predicted molar refractivity (Wildman–Crippen MR) is 132 cm³/mol. The topological polar surface area (TPSA) is 6.25 Å². The Morgan fingerprint density at radius 3 is 1.50 bits per heavy atom. The second-order valence-corrected chi connectivity index (χ2v) is 9.85. The first-order chi connectivity index (χ1) is 14.1. The van der Waals surface area contributed by atoms with Gasteiger partial charge in [0, 0.05) is 22.3 Å². The van der Waals surface area contributed by atoms with Crippen molar-refractivity contribution in [3.05, 3.63) is 58.7 Å². The van der Waals surface area contributed by atoms with E-state index in [0.29, 0.717) is 23.7 Å². The van der Waals surface area contributed by atoms with Gasteiger partial charge < -0.3 is 7.85 Å². The summed E-state index contributed by atoms with van der Waals surface area (Å²) in [7, 11) is 6.93. The zero-order valence-corrected chi connectivity index (χ0v) is 20.2. The Hall–Kier alpha value is -2.03. The molecule has 3 rings (SSSR count). The average molecular weight is 401 g/mol. The summed E-state index contributed by atoms with van der Waals surface area (Å²) in [6, 6.07) is 13.5. The first kappa shape index (κ1) is 22.7. The molecule has 0 saturated heterocycles. The largest absolute Gasteiger partial charge is 0.458 e. The molecule has 0 spiro atoms. The van der Waals surface area contributed by atoms with Crippen molar-refractivity contribution in [2.45, 2.75) is 79.1 Å². The van der Waals surface area contributed by atoms with Crippen LogP contribution in [0.1, 0.15) is 101 Å². The van der Waals surface area contributed by atoms with Crippen molar-refractivity contribution in [3.63, 3.8) is 0 Å². The zero-order valence-electron chi connectivity index (χ0n) is 20.2. The molecule has 1 aliphatic rings. The lowest BCUT2D eigenvalue weighted by Crippen LogP contribution is -2.31. The fraction of sp³-hybridized carbons (Fsp3) is 0.519. The van der Waals surface area contributed by atoms with Crippen molar-refractivity contribution in [1.82, 2.24) is 0 Å². The van der Waals surface area contributed by atoms with Crippen LogP contribution in [0.15, 0.2) is 36.4 Å². The predicted octanol–water partition coefficient (Wildman–Crippen LogP) is 6.87. The van der Waals surface area contributed by atoms with Gasteiger partial charge in [0.25, 0.3) is 0 Å². The van der Waals surface area contributed by atoms with Gasteiger partial charge in [0.1, 0.15) is 24.5 Å². The summed E-state index contributed by atoms with van der Waals surface area (Å²) >= 11 is 0. The van der Waals surface area contributed by atoms with Gasteiger partial charge in [-0.05, 0) is 29.4 Å². The number of rotatable bonds is 6. The maximum Gasteiger partial charge on any atom is 0.130 e. The molecule has 0 aromatic heterocycles. The third kappa shape index (κ3) is 4.09. The molecular weight excluding hydrogens is 363 g/mol. The Bertz CT molecular complexity index is 885. The molecule has 30 heavy (non-hydrogen) atoms. The molecule has 0 fully saturated rings. The SMILES string of the molecule is [B-]C1=[N+](c2c(C(C)C)cccc2C(C)C)CCN1c1c(C(C)C)cccc1C(C)C. The molecule has 159 valence electrons. The number of para-hydroxylation sites is 2. The van der Waals surface area contributed by atoms with Gasteiger partial charge in [-0.3, -0.25) is 9.48 Å². The van der Waals surface area contributed by atoms with Gasteiger partial charge in [-0.1, -0.05) is 91.8 Å². The van der Waals surface area contributed by atoms with E-state index in [2.05, 4.69) is 101 Å². The van der Waals surface area contributed by atoms with Gasteiger partial charge in [-0.25, -0.2) is 0 Å². The number of benzene rings is 2. The molecule has 1 heterocycles. The number of hydrogen-bond donors (Lipinski definition) is 0. The lowest BCUT2D eigenvalue weighted by atomic mass is 9.90. The second kappa shape index (κ2) is 9.00. The summed E-state index contributed by atoms with van der Waals surface area (Å²) in [5.74, 6) is 1.81. The molecule has 0 amide bonds. The summed E-state index contributed by atoms with van der Waals surface area (Å²) in [6.45, 7) is 20.0. The first-order valence-corrected chi connectivity index (χ1v) is 11.6. The van der Waals surface area contributed by atoms with Crippen LogP contribution in [0.25, 0.3) is 0 Å². The number of anilines is 1. The van der Waals surface area contributed by atoms with Gasteiger partial charge in [0.05, 0.1) is 0 Å². The maximum atomic E-state index is 6.93. The van der Waals surface area contributed by atoms with E-state index < -0.39 is 0 Å². The average Bonchev–Trinajstić information content (AvgIpc) is 3.07. The Morgan fingerprint density at radius 2 is 1.10 bits per heavy atom. The monoisotopic (exact) mass is 401 g/mol. The minimum absolute atomic E-state index is 0.453. The van der Waals surface area contributed by atoms with Gasteiger partial charge >= 0.3 is 0 Å². The highest BCUT2D eigenvalue weighted by Crippen LogP contribution is 2.39. The van der Waals surface area contributed by atoms with Crippen LogP contribution in [0.3, 0.4) is 0 Å². The Kier molecular flexibility index (Phi) is 6.79. The van der Waals surface area contributed by atoms with Crippen molar-refractivity contribution in [1.29, 1.82) is 0 Å². The zero-order chi connectivity index (χ0) is 22.2. The van der Waals surface area contributed by atoms with Crippen LogP contribution >= 0.6 is 0 Å². The fourth-order valence-electron chi connectivity index (χ4n) is 4.67. The molecule has 3 radical (unpaired) electrons. The minimum Gasteiger partial charge on any atom is -0.458 e. The van der Waals surface area contributed by atoms with Crippen LogP contribution in [0, 0.1) is 0 Å². The summed E-state index contributed by atoms with van der Waals surface area (Å²) in [5.41, 5.74) is 9.02. The lowest BCUT2D eigenvalue weighted by Gasteiger charge is -2.28. The molecule has 0 N–H and O–H groups in total. The summed E-state index contributed by atoms with van der Waals surface area (Å²) in [6.07, 6.45) is 0. The van der Waals surface area contributed by atoms with E-state index in [1.54, 1.807) is 0 Å². The third-order valence-corrected chi connectivity index (χ3v) is 6.33. The van der Waals surface area contributed by atoms with Crippen LogP contribution in [-0.4, -0.2) is 31.2 Å². The van der Waals surface area contributed by atoms with Gasteiger partial charge in [-0.15, -0.1) is 0 Å². The van der Waals surface area contributed by atoms with Gasteiger partial charge in [-0.2, -0.15) is 0 Å². The third-order valence-electron chi connectivity index (χ3n) is 6.33. The molecule has 2 aromatic carbocycles. The van der Waals surface area contributed by atoms with E-state index in [4.69, 9.17) is 7.85 Å².